The van der Waals surface area contributed by atoms with Gasteiger partial charge < -0.3 is 9.47 Å². The lowest BCUT2D eigenvalue weighted by Crippen LogP contribution is -2.11. The van der Waals surface area contributed by atoms with Crippen LogP contribution in [0.25, 0.3) is 39.3 Å². The fraction of sp³-hybridized carbons (Fsp3) is 0.154. The monoisotopic (exact) mass is 486 g/mol. The summed E-state index contributed by atoms with van der Waals surface area (Å²) < 4.78 is 27.6. The highest BCUT2D eigenvalue weighted by Crippen LogP contribution is 2.37. The van der Waals surface area contributed by atoms with Crippen LogP contribution in [0.4, 0.5) is 15.0 Å². The van der Waals surface area contributed by atoms with E-state index in [1.54, 1.807) is 35.3 Å². The predicted molar refractivity (Wildman–Crippen MR) is 133 cm³/mol. The maximum atomic E-state index is 14.1. The minimum atomic E-state index is -0.587. The quantitative estimate of drug-likeness (QED) is 0.371. The summed E-state index contributed by atoms with van der Waals surface area (Å²) in [5, 5.41) is 7.17. The highest BCUT2D eigenvalue weighted by molar-refractivity contribution is 5.85. The van der Waals surface area contributed by atoms with E-state index in [9.17, 15) is 9.18 Å². The zero-order chi connectivity index (χ0) is 25.4. The lowest BCUT2D eigenvalue weighted by molar-refractivity contribution is 0.187. The summed E-state index contributed by atoms with van der Waals surface area (Å²) >= 11 is 0. The van der Waals surface area contributed by atoms with Crippen molar-refractivity contribution in [1.29, 1.82) is 0 Å². The number of pyridine rings is 2. The molecule has 1 aromatic carbocycles. The molecule has 0 atom stereocenters. The van der Waals surface area contributed by atoms with E-state index in [2.05, 4.69) is 25.1 Å². The number of carbonyl (C=O) groups excluding carboxylic acids is 1. The number of methoxy groups -OCH3 is 2. The van der Waals surface area contributed by atoms with Crippen LogP contribution in [-0.4, -0.2) is 44.5 Å². The Kier molecular flexibility index (Phi) is 5.85. The molecule has 4 aromatic heterocycles. The van der Waals surface area contributed by atoms with Crippen molar-refractivity contribution in [3.05, 3.63) is 72.6 Å². The number of ether oxygens (including phenoxy) is 2. The Bertz CT molecular complexity index is 1590. The van der Waals surface area contributed by atoms with Crippen LogP contribution in [0.3, 0.4) is 0 Å². The number of imidazole rings is 1. The van der Waals surface area contributed by atoms with Crippen molar-refractivity contribution in [2.24, 2.45) is 7.05 Å². The van der Waals surface area contributed by atoms with E-state index < -0.39 is 11.9 Å². The highest BCUT2D eigenvalue weighted by atomic mass is 19.1. The van der Waals surface area contributed by atoms with E-state index >= 15 is 0 Å². The molecule has 5 rings (SSSR count). The summed E-state index contributed by atoms with van der Waals surface area (Å²) in [6.45, 7) is 1.94. The van der Waals surface area contributed by atoms with Gasteiger partial charge in [0.2, 0.25) is 0 Å². The molecule has 5 aromatic rings. The Balaban J connectivity index is 1.59. The number of halogens is 1. The lowest BCUT2D eigenvalue weighted by atomic mass is 10.00. The summed E-state index contributed by atoms with van der Waals surface area (Å²) in [6, 6.07) is 12.2. The lowest BCUT2D eigenvalue weighted by Gasteiger charge is -2.11. The number of hydrogen-bond donors (Lipinski definition) is 1. The second kappa shape index (κ2) is 9.14. The van der Waals surface area contributed by atoms with E-state index in [0.29, 0.717) is 5.82 Å². The zero-order valence-corrected chi connectivity index (χ0v) is 20.1. The average Bonchev–Trinajstić information content (AvgIpc) is 3.44. The number of amides is 1. The molecule has 1 N–H and O–H groups in total. The Morgan fingerprint density at radius 2 is 1.78 bits per heavy atom. The van der Waals surface area contributed by atoms with Crippen molar-refractivity contribution in [2.75, 3.05) is 19.5 Å². The van der Waals surface area contributed by atoms with Crippen LogP contribution in [0.1, 0.15) is 5.69 Å². The number of rotatable bonds is 5. The molecule has 0 unspecified atom stereocenters. The second-order valence-corrected chi connectivity index (χ2v) is 8.12. The zero-order valence-electron chi connectivity index (χ0n) is 20.1. The maximum Gasteiger partial charge on any atom is 0.412 e. The van der Waals surface area contributed by atoms with Crippen molar-refractivity contribution in [2.45, 2.75) is 6.92 Å². The minimum Gasteiger partial charge on any atom is -0.494 e. The number of nitrogens with one attached hydrogen (secondary N) is 1. The number of hydrogen-bond acceptors (Lipinski definition) is 6. The summed E-state index contributed by atoms with van der Waals surface area (Å²) in [5.41, 5.74) is 6.71. The smallest absolute Gasteiger partial charge is 0.412 e. The normalized spacial score (nSPS) is 11.0. The van der Waals surface area contributed by atoms with Gasteiger partial charge in [-0.15, -0.1) is 0 Å². The van der Waals surface area contributed by atoms with Crippen LogP contribution in [0, 0.1) is 12.7 Å². The van der Waals surface area contributed by atoms with Crippen molar-refractivity contribution in [3.63, 3.8) is 0 Å². The van der Waals surface area contributed by atoms with Crippen LogP contribution in [0.15, 0.2) is 61.1 Å². The SMILES string of the molecule is COC(=O)Nc1ccc(-c2cnc3ccc(-c4c(C)nn(C)c4-c4ccc(F)c(OC)c4)cn23)cn1. The first-order valence-corrected chi connectivity index (χ1v) is 11.1. The van der Waals surface area contributed by atoms with E-state index in [1.807, 2.05) is 42.8 Å². The predicted octanol–water partition coefficient (Wildman–Crippen LogP) is 5.10. The molecule has 0 aliphatic heterocycles. The van der Waals surface area contributed by atoms with Gasteiger partial charge in [-0.1, -0.05) is 0 Å². The largest absolute Gasteiger partial charge is 0.494 e. The molecule has 0 saturated heterocycles. The molecule has 0 saturated carbocycles. The maximum absolute atomic E-state index is 14.1. The molecule has 0 fully saturated rings. The minimum absolute atomic E-state index is 0.169. The van der Waals surface area contributed by atoms with Gasteiger partial charge in [-0.2, -0.15) is 5.10 Å². The molecule has 0 spiro atoms. The van der Waals surface area contributed by atoms with Crippen molar-refractivity contribution >= 4 is 17.6 Å². The summed E-state index contributed by atoms with van der Waals surface area (Å²) in [7, 11) is 4.60. The summed E-state index contributed by atoms with van der Waals surface area (Å²) in [5.74, 6) is 0.125. The second-order valence-electron chi connectivity index (χ2n) is 8.12. The molecule has 0 radical (unpaired) electrons. The van der Waals surface area contributed by atoms with Crippen LogP contribution in [0.2, 0.25) is 0 Å². The van der Waals surface area contributed by atoms with Gasteiger partial charge in [-0.05, 0) is 49.4 Å². The number of carbonyl (C=O) groups is 1. The van der Waals surface area contributed by atoms with Gasteiger partial charge in [0.15, 0.2) is 11.6 Å². The molecule has 4 heterocycles. The Labute approximate surface area is 206 Å². The molecule has 9 nitrogen and oxygen atoms in total. The third kappa shape index (κ3) is 4.02. The fourth-order valence-corrected chi connectivity index (χ4v) is 4.26. The first-order valence-electron chi connectivity index (χ1n) is 11.1. The molecule has 182 valence electrons. The standard InChI is InChI=1S/C26H23FN6O3/c1-15-24(25(32(2)31-15)16-5-8-19(27)21(11-16)35-3)18-7-10-23-29-13-20(33(23)14-18)17-6-9-22(28-12-17)30-26(34)36-4/h5-14H,1-4H3,(H,28,30,34). The Hall–Kier alpha value is -4.73. The molecule has 0 bridgehead atoms. The number of benzene rings is 1. The average molecular weight is 487 g/mol. The van der Waals surface area contributed by atoms with Crippen LogP contribution >= 0.6 is 0 Å². The third-order valence-electron chi connectivity index (χ3n) is 5.92. The van der Waals surface area contributed by atoms with Crippen molar-refractivity contribution < 1.29 is 18.7 Å². The van der Waals surface area contributed by atoms with Gasteiger partial charge >= 0.3 is 6.09 Å². The van der Waals surface area contributed by atoms with Crippen LogP contribution in [0.5, 0.6) is 5.75 Å². The molecule has 36 heavy (non-hydrogen) atoms. The van der Waals surface area contributed by atoms with E-state index in [0.717, 1.165) is 45.0 Å². The molecule has 1 amide bonds. The Morgan fingerprint density at radius 1 is 1.00 bits per heavy atom. The van der Waals surface area contributed by atoms with Gasteiger partial charge in [0.05, 0.1) is 37.5 Å². The molecular weight excluding hydrogens is 463 g/mol. The number of fused-ring (bicyclic) bond motifs is 1. The first-order chi connectivity index (χ1) is 17.4. The summed E-state index contributed by atoms with van der Waals surface area (Å²) in [6.07, 6.45) is 4.83. The highest BCUT2D eigenvalue weighted by Gasteiger charge is 2.19. The van der Waals surface area contributed by atoms with Crippen LogP contribution in [-0.2, 0) is 11.8 Å². The number of aryl methyl sites for hydroxylation is 2. The summed E-state index contributed by atoms with van der Waals surface area (Å²) in [4.78, 5) is 20.3. The third-order valence-corrected chi connectivity index (χ3v) is 5.92. The number of aromatic nitrogens is 5. The molecule has 10 heteroatoms. The van der Waals surface area contributed by atoms with Crippen LogP contribution < -0.4 is 10.1 Å². The Morgan fingerprint density at radius 3 is 2.50 bits per heavy atom. The van der Waals surface area contributed by atoms with Gasteiger partial charge in [0.1, 0.15) is 11.5 Å². The van der Waals surface area contributed by atoms with Gasteiger partial charge in [-0.3, -0.25) is 14.4 Å². The topological polar surface area (TPSA) is 95.6 Å². The van der Waals surface area contributed by atoms with Crippen molar-refractivity contribution in [3.8, 4) is 39.4 Å². The van der Waals surface area contributed by atoms with Gasteiger partial charge in [0.25, 0.3) is 0 Å². The van der Waals surface area contributed by atoms with Gasteiger partial charge in [0, 0.05) is 41.7 Å². The number of nitrogens with zero attached hydrogens (tertiary/aromatic N) is 5. The van der Waals surface area contributed by atoms with E-state index in [-0.39, 0.29) is 5.75 Å². The first kappa shape index (κ1) is 23.0. The fourth-order valence-electron chi connectivity index (χ4n) is 4.26. The van der Waals surface area contributed by atoms with Crippen molar-refractivity contribution in [1.82, 2.24) is 24.1 Å². The molecule has 0 aliphatic rings. The van der Waals surface area contributed by atoms with Gasteiger partial charge in [-0.25, -0.2) is 19.2 Å². The molecule has 0 aliphatic carbocycles. The number of anilines is 1. The van der Waals surface area contributed by atoms with E-state index in [4.69, 9.17) is 4.74 Å². The van der Waals surface area contributed by atoms with E-state index in [1.165, 1.54) is 20.3 Å². The molecular formula is C26H23FN6O3.